The van der Waals surface area contributed by atoms with Crippen molar-refractivity contribution >= 4 is 34.8 Å². The van der Waals surface area contributed by atoms with Gasteiger partial charge in [-0.05, 0) is 42.5 Å². The number of hydrogen-bond acceptors (Lipinski definition) is 3. The van der Waals surface area contributed by atoms with Crippen LogP contribution in [-0.2, 0) is 6.18 Å². The number of hydrogen-bond donors (Lipinski definition) is 1. The highest BCUT2D eigenvalue weighted by atomic mass is 35.5. The zero-order valence-corrected chi connectivity index (χ0v) is 14.3. The number of anilines is 1. The Morgan fingerprint density at radius 2 is 1.77 bits per heavy atom. The Bertz CT molecular complexity index is 953. The summed E-state index contributed by atoms with van der Waals surface area (Å²) in [4.78, 5) is 16.2. The van der Waals surface area contributed by atoms with Crippen molar-refractivity contribution in [2.75, 3.05) is 5.32 Å². The molecule has 1 heterocycles. The molecule has 134 valence electrons. The summed E-state index contributed by atoms with van der Waals surface area (Å²) in [6.45, 7) is 0. The van der Waals surface area contributed by atoms with E-state index in [1.807, 2.05) is 0 Å². The lowest BCUT2D eigenvalue weighted by Crippen LogP contribution is -2.12. The fourth-order valence-electron chi connectivity index (χ4n) is 2.09. The third-order valence-electron chi connectivity index (χ3n) is 3.38. The number of nitrogens with zero attached hydrogens (tertiary/aromatic N) is 1. The topological polar surface area (TPSA) is 55.1 Å². The summed E-state index contributed by atoms with van der Waals surface area (Å²) < 4.78 is 42.9. The van der Waals surface area contributed by atoms with E-state index in [4.69, 9.17) is 27.6 Å². The molecular formula is C17H9Cl2F3N2O2. The molecule has 9 heteroatoms. The van der Waals surface area contributed by atoms with Crippen LogP contribution in [0.15, 0.2) is 53.1 Å². The molecule has 0 aliphatic rings. The molecule has 4 nitrogen and oxygen atoms in total. The Balaban J connectivity index is 1.77. The van der Waals surface area contributed by atoms with Gasteiger partial charge in [-0.25, -0.2) is 4.98 Å². The maximum Gasteiger partial charge on any atom is 0.416 e. The first-order valence-corrected chi connectivity index (χ1v) is 7.89. The van der Waals surface area contributed by atoms with E-state index < -0.39 is 17.6 Å². The van der Waals surface area contributed by atoms with Crippen LogP contribution in [0.25, 0.3) is 11.5 Å². The molecule has 1 N–H and O–H groups in total. The average Bonchev–Trinajstić information content (AvgIpc) is 3.07. The SMILES string of the molecule is O=C(Nc1ccc(Cl)cc1Cl)c1coc(-c2ccc(C(F)(F)F)cc2)n1. The predicted octanol–water partition coefficient (Wildman–Crippen LogP) is 5.92. The molecule has 3 aromatic rings. The van der Waals surface area contributed by atoms with Crippen LogP contribution in [0.1, 0.15) is 16.1 Å². The number of amides is 1. The highest BCUT2D eigenvalue weighted by Gasteiger charge is 2.30. The van der Waals surface area contributed by atoms with E-state index in [-0.39, 0.29) is 16.6 Å². The Morgan fingerprint density at radius 1 is 1.08 bits per heavy atom. The van der Waals surface area contributed by atoms with Gasteiger partial charge in [0.2, 0.25) is 5.89 Å². The fourth-order valence-corrected chi connectivity index (χ4v) is 2.55. The number of alkyl halides is 3. The van der Waals surface area contributed by atoms with Gasteiger partial charge in [-0.1, -0.05) is 23.2 Å². The van der Waals surface area contributed by atoms with Crippen molar-refractivity contribution in [1.82, 2.24) is 4.98 Å². The van der Waals surface area contributed by atoms with Crippen LogP contribution < -0.4 is 5.32 Å². The zero-order chi connectivity index (χ0) is 18.9. The van der Waals surface area contributed by atoms with E-state index in [9.17, 15) is 18.0 Å². The number of nitrogens with one attached hydrogen (secondary N) is 1. The number of aromatic nitrogens is 1. The van der Waals surface area contributed by atoms with Crippen molar-refractivity contribution in [3.8, 4) is 11.5 Å². The molecule has 2 aromatic carbocycles. The first-order chi connectivity index (χ1) is 12.2. The Hall–Kier alpha value is -2.51. The minimum atomic E-state index is -4.43. The first-order valence-electron chi connectivity index (χ1n) is 7.13. The van der Waals surface area contributed by atoms with Gasteiger partial charge in [0.05, 0.1) is 16.3 Å². The van der Waals surface area contributed by atoms with E-state index in [0.717, 1.165) is 18.4 Å². The zero-order valence-electron chi connectivity index (χ0n) is 12.8. The van der Waals surface area contributed by atoms with Gasteiger partial charge in [-0.3, -0.25) is 4.79 Å². The monoisotopic (exact) mass is 400 g/mol. The van der Waals surface area contributed by atoms with Crippen LogP contribution in [0, 0.1) is 0 Å². The van der Waals surface area contributed by atoms with Crippen LogP contribution in [-0.4, -0.2) is 10.9 Å². The van der Waals surface area contributed by atoms with E-state index in [1.54, 1.807) is 6.07 Å². The van der Waals surface area contributed by atoms with Crippen LogP contribution in [0.5, 0.6) is 0 Å². The number of oxazole rings is 1. The van der Waals surface area contributed by atoms with Crippen LogP contribution in [0.2, 0.25) is 10.0 Å². The molecular weight excluding hydrogens is 392 g/mol. The van der Waals surface area contributed by atoms with E-state index >= 15 is 0 Å². The van der Waals surface area contributed by atoms with Crippen LogP contribution >= 0.6 is 23.2 Å². The summed E-state index contributed by atoms with van der Waals surface area (Å²) in [5.41, 5.74) is -0.198. The van der Waals surface area contributed by atoms with E-state index in [1.165, 1.54) is 24.3 Å². The molecule has 0 aliphatic carbocycles. The molecule has 0 bridgehead atoms. The molecule has 0 spiro atoms. The van der Waals surface area contributed by atoms with E-state index in [0.29, 0.717) is 16.3 Å². The fraction of sp³-hybridized carbons (Fsp3) is 0.0588. The van der Waals surface area contributed by atoms with Gasteiger partial charge in [0.25, 0.3) is 5.91 Å². The first kappa shape index (κ1) is 18.3. The van der Waals surface area contributed by atoms with Crippen LogP contribution in [0.4, 0.5) is 18.9 Å². The lowest BCUT2D eigenvalue weighted by molar-refractivity contribution is -0.137. The van der Waals surface area contributed by atoms with E-state index in [2.05, 4.69) is 10.3 Å². The maximum absolute atomic E-state index is 12.6. The van der Waals surface area contributed by atoms with Crippen molar-refractivity contribution in [3.63, 3.8) is 0 Å². The minimum Gasteiger partial charge on any atom is -0.444 e. The van der Waals surface area contributed by atoms with Gasteiger partial charge < -0.3 is 9.73 Å². The van der Waals surface area contributed by atoms with Gasteiger partial charge >= 0.3 is 6.18 Å². The van der Waals surface area contributed by atoms with Crippen molar-refractivity contribution < 1.29 is 22.4 Å². The number of rotatable bonds is 3. The summed E-state index contributed by atoms with van der Waals surface area (Å²) in [6, 6.07) is 8.80. The van der Waals surface area contributed by atoms with Crippen molar-refractivity contribution in [1.29, 1.82) is 0 Å². The summed E-state index contributed by atoms with van der Waals surface area (Å²) in [7, 11) is 0. The van der Waals surface area contributed by atoms with Gasteiger partial charge in [0.15, 0.2) is 5.69 Å². The normalized spacial score (nSPS) is 11.4. The minimum absolute atomic E-state index is 0.0195. The lowest BCUT2D eigenvalue weighted by Gasteiger charge is -2.06. The van der Waals surface area contributed by atoms with Crippen molar-refractivity contribution in [2.45, 2.75) is 6.18 Å². The quantitative estimate of drug-likeness (QED) is 0.593. The summed E-state index contributed by atoms with van der Waals surface area (Å²) in [5.74, 6) is -0.567. The average molecular weight is 401 g/mol. The molecule has 0 aliphatic heterocycles. The van der Waals surface area contributed by atoms with Crippen molar-refractivity contribution in [2.24, 2.45) is 0 Å². The number of halogens is 5. The second kappa shape index (κ2) is 7.01. The molecule has 1 aromatic heterocycles. The Morgan fingerprint density at radius 3 is 2.38 bits per heavy atom. The van der Waals surface area contributed by atoms with Gasteiger partial charge in [0, 0.05) is 10.6 Å². The standard InChI is InChI=1S/C17H9Cl2F3N2O2/c18-11-5-6-13(12(19)7-11)23-15(25)14-8-26-16(24-14)9-1-3-10(4-2-9)17(20,21)22/h1-8H,(H,23,25). The summed E-state index contributed by atoms with van der Waals surface area (Å²) in [6.07, 6.45) is -3.33. The molecule has 1 amide bonds. The largest absolute Gasteiger partial charge is 0.444 e. The number of benzene rings is 2. The molecule has 26 heavy (non-hydrogen) atoms. The number of carbonyl (C=O) groups excluding carboxylic acids is 1. The number of carbonyl (C=O) groups is 1. The van der Waals surface area contributed by atoms with Crippen LogP contribution in [0.3, 0.4) is 0 Å². The molecule has 0 saturated heterocycles. The van der Waals surface area contributed by atoms with Crippen molar-refractivity contribution in [3.05, 3.63) is 70.0 Å². The van der Waals surface area contributed by atoms with Gasteiger partial charge in [0.1, 0.15) is 6.26 Å². The molecule has 0 radical (unpaired) electrons. The Labute approximate surface area is 155 Å². The van der Waals surface area contributed by atoms with Gasteiger partial charge in [-0.2, -0.15) is 13.2 Å². The maximum atomic E-state index is 12.6. The third kappa shape index (κ3) is 4.00. The summed E-state index contributed by atoms with van der Waals surface area (Å²) in [5, 5.41) is 3.21. The smallest absolute Gasteiger partial charge is 0.416 e. The highest BCUT2D eigenvalue weighted by Crippen LogP contribution is 2.31. The second-order valence-electron chi connectivity index (χ2n) is 5.19. The van der Waals surface area contributed by atoms with Gasteiger partial charge in [-0.15, -0.1) is 0 Å². The molecule has 0 unspecified atom stereocenters. The lowest BCUT2D eigenvalue weighted by atomic mass is 10.1. The summed E-state index contributed by atoms with van der Waals surface area (Å²) >= 11 is 11.8. The molecule has 0 saturated carbocycles. The molecule has 3 rings (SSSR count). The third-order valence-corrected chi connectivity index (χ3v) is 3.92. The molecule has 0 fully saturated rings. The highest BCUT2D eigenvalue weighted by molar-refractivity contribution is 6.36. The second-order valence-corrected chi connectivity index (χ2v) is 6.03. The predicted molar refractivity (Wildman–Crippen MR) is 91.4 cm³/mol. The molecule has 0 atom stereocenters. The Kier molecular flexibility index (Phi) is 4.93.